The molecule has 4 rings (SSSR count). The predicted octanol–water partition coefficient (Wildman–Crippen LogP) is 3.41. The maximum absolute atomic E-state index is 12.7. The van der Waals surface area contributed by atoms with Crippen molar-refractivity contribution in [2.45, 2.75) is 38.8 Å². The minimum atomic E-state index is -0.926. The lowest BCUT2D eigenvalue weighted by molar-refractivity contribution is -0.125. The molecule has 1 aliphatic heterocycles. The molecule has 7 nitrogen and oxygen atoms in total. The number of nitrogens with two attached hydrogens (primary N) is 1. The molecule has 1 atom stereocenters. The summed E-state index contributed by atoms with van der Waals surface area (Å²) in [7, 11) is 1.76. The maximum Gasteiger partial charge on any atom is 0.246 e. The molecule has 0 saturated heterocycles. The third-order valence-electron chi connectivity index (χ3n) is 5.74. The van der Waals surface area contributed by atoms with Crippen LogP contribution in [-0.2, 0) is 22.6 Å². The quantitative estimate of drug-likeness (QED) is 0.632. The molecule has 2 amide bonds. The van der Waals surface area contributed by atoms with Crippen molar-refractivity contribution in [1.29, 1.82) is 0 Å². The van der Waals surface area contributed by atoms with E-state index in [1.807, 2.05) is 37.3 Å². The van der Waals surface area contributed by atoms with Gasteiger partial charge in [-0.1, -0.05) is 18.2 Å². The fourth-order valence-electron chi connectivity index (χ4n) is 3.71. The number of rotatable bonds is 4. The van der Waals surface area contributed by atoms with E-state index in [1.54, 1.807) is 31.1 Å². The molecule has 3 heterocycles. The molecule has 0 fully saturated rings. The molecule has 3 aromatic rings. The highest BCUT2D eigenvalue weighted by Crippen LogP contribution is 2.27. The van der Waals surface area contributed by atoms with Crippen molar-refractivity contribution >= 4 is 34.7 Å². The summed E-state index contributed by atoms with van der Waals surface area (Å²) in [5.41, 5.74) is 8.66. The first kappa shape index (κ1) is 20.8. The summed E-state index contributed by atoms with van der Waals surface area (Å²) in [5.74, 6) is 0.985. The molecule has 0 radical (unpaired) electrons. The van der Waals surface area contributed by atoms with Gasteiger partial charge in [0.25, 0.3) is 0 Å². The van der Waals surface area contributed by atoms with Crippen LogP contribution in [0.15, 0.2) is 47.0 Å². The Kier molecular flexibility index (Phi) is 5.37. The number of benzene rings is 1. The number of carbonyl (C=O) groups is 2. The molecule has 7 heteroatoms. The van der Waals surface area contributed by atoms with Crippen LogP contribution >= 0.6 is 0 Å². The van der Waals surface area contributed by atoms with E-state index in [9.17, 15) is 9.59 Å². The first-order chi connectivity index (χ1) is 14.7. The van der Waals surface area contributed by atoms with Gasteiger partial charge in [0.15, 0.2) is 0 Å². The minimum Gasteiger partial charge on any atom is -0.461 e. The van der Waals surface area contributed by atoms with E-state index in [4.69, 9.17) is 10.2 Å². The van der Waals surface area contributed by atoms with E-state index in [2.05, 4.69) is 10.3 Å². The van der Waals surface area contributed by atoms with Crippen molar-refractivity contribution in [3.05, 3.63) is 65.1 Å². The molecule has 3 N–H and O–H groups in total. The van der Waals surface area contributed by atoms with E-state index in [1.165, 1.54) is 6.08 Å². The molecule has 1 unspecified atom stereocenters. The number of aromatic nitrogens is 1. The number of aryl methyl sites for hydroxylation is 2. The number of fused-ring (bicyclic) bond motifs is 2. The lowest BCUT2D eigenvalue weighted by Gasteiger charge is -2.19. The summed E-state index contributed by atoms with van der Waals surface area (Å²) in [5, 5.41) is 3.81. The Morgan fingerprint density at radius 1 is 1.39 bits per heavy atom. The number of likely N-dealkylation sites (N-methyl/N-ethyl adjacent to an activating group) is 1. The molecule has 0 bridgehead atoms. The lowest BCUT2D eigenvalue weighted by Crippen LogP contribution is -2.47. The SMILES string of the molecule is Cc1oc2ccccc2c1CN(C)C(=O)C=Cc1cnc2c(c1)CCC(C)(N)C(=O)N2. The van der Waals surface area contributed by atoms with E-state index in [-0.39, 0.29) is 11.8 Å². The zero-order valence-corrected chi connectivity index (χ0v) is 17.9. The van der Waals surface area contributed by atoms with Crippen LogP contribution in [0, 0.1) is 6.92 Å². The third-order valence-corrected chi connectivity index (χ3v) is 5.74. The number of hydrogen-bond acceptors (Lipinski definition) is 5. The summed E-state index contributed by atoms with van der Waals surface area (Å²) in [6, 6.07) is 9.75. The highest BCUT2D eigenvalue weighted by Gasteiger charge is 2.32. The number of nitrogens with zero attached hydrogens (tertiary/aromatic N) is 2. The van der Waals surface area contributed by atoms with Crippen LogP contribution in [0.5, 0.6) is 0 Å². The fourth-order valence-corrected chi connectivity index (χ4v) is 3.71. The van der Waals surface area contributed by atoms with Gasteiger partial charge in [-0.3, -0.25) is 9.59 Å². The minimum absolute atomic E-state index is 0.123. The van der Waals surface area contributed by atoms with Gasteiger partial charge in [0.05, 0.1) is 5.54 Å². The number of amides is 2. The van der Waals surface area contributed by atoms with Crippen LogP contribution in [0.3, 0.4) is 0 Å². The predicted molar refractivity (Wildman–Crippen MR) is 120 cm³/mol. The largest absolute Gasteiger partial charge is 0.461 e. The van der Waals surface area contributed by atoms with E-state index >= 15 is 0 Å². The first-order valence-corrected chi connectivity index (χ1v) is 10.2. The molecule has 2 aromatic heterocycles. The maximum atomic E-state index is 12.7. The van der Waals surface area contributed by atoms with Crippen LogP contribution in [0.2, 0.25) is 0 Å². The smallest absolute Gasteiger partial charge is 0.246 e. The van der Waals surface area contributed by atoms with Crippen LogP contribution in [0.4, 0.5) is 5.82 Å². The Hall–Kier alpha value is -3.45. The second-order valence-electron chi connectivity index (χ2n) is 8.31. The summed E-state index contributed by atoms with van der Waals surface area (Å²) < 4.78 is 5.79. The van der Waals surface area contributed by atoms with E-state index in [0.717, 1.165) is 33.4 Å². The van der Waals surface area contributed by atoms with Gasteiger partial charge in [0.2, 0.25) is 11.8 Å². The van der Waals surface area contributed by atoms with Gasteiger partial charge < -0.3 is 20.4 Å². The Bertz CT molecular complexity index is 1190. The van der Waals surface area contributed by atoms with Gasteiger partial charge in [0, 0.05) is 36.8 Å². The molecule has 160 valence electrons. The van der Waals surface area contributed by atoms with Crippen LogP contribution in [-0.4, -0.2) is 34.3 Å². The first-order valence-electron chi connectivity index (χ1n) is 10.2. The van der Waals surface area contributed by atoms with Gasteiger partial charge in [-0.15, -0.1) is 0 Å². The lowest BCUT2D eigenvalue weighted by atomic mass is 9.95. The average Bonchev–Trinajstić information content (AvgIpc) is 3.00. The van der Waals surface area contributed by atoms with Gasteiger partial charge in [0.1, 0.15) is 17.2 Å². The number of para-hydroxylation sites is 1. The van der Waals surface area contributed by atoms with Crippen LogP contribution in [0.1, 0.15) is 35.8 Å². The Balaban J connectivity index is 1.47. The number of nitrogens with one attached hydrogen (secondary N) is 1. The molecule has 0 saturated carbocycles. The normalized spacial score (nSPS) is 18.6. The van der Waals surface area contributed by atoms with Gasteiger partial charge in [-0.25, -0.2) is 4.98 Å². The van der Waals surface area contributed by atoms with Gasteiger partial charge in [-0.2, -0.15) is 0 Å². The molecule has 0 aliphatic carbocycles. The average molecular weight is 418 g/mol. The van der Waals surface area contributed by atoms with Crippen molar-refractivity contribution in [3.8, 4) is 0 Å². The summed E-state index contributed by atoms with van der Waals surface area (Å²) in [6.45, 7) is 4.08. The summed E-state index contributed by atoms with van der Waals surface area (Å²) >= 11 is 0. The van der Waals surface area contributed by atoms with Crippen LogP contribution in [0.25, 0.3) is 17.0 Å². The standard InChI is InChI=1S/C24H26N4O3/c1-15-19(18-6-4-5-7-20(18)31-15)14-28(3)21(29)9-8-16-12-17-10-11-24(2,25)23(30)27-22(17)26-13-16/h4-9,12-13H,10-11,14,25H2,1-3H3,(H,26,27,30). The number of carbonyl (C=O) groups excluding carboxylic acids is 2. The van der Waals surface area contributed by atoms with Crippen molar-refractivity contribution in [3.63, 3.8) is 0 Å². The van der Waals surface area contributed by atoms with Gasteiger partial charge >= 0.3 is 0 Å². The third kappa shape index (κ3) is 4.22. The number of hydrogen-bond donors (Lipinski definition) is 2. The Morgan fingerprint density at radius 2 is 2.16 bits per heavy atom. The molecular formula is C24H26N4O3. The zero-order chi connectivity index (χ0) is 22.2. The number of anilines is 1. The number of furan rings is 1. The Labute approximate surface area is 180 Å². The highest BCUT2D eigenvalue weighted by molar-refractivity contribution is 5.98. The topological polar surface area (TPSA) is 101 Å². The van der Waals surface area contributed by atoms with Crippen LogP contribution < -0.4 is 11.1 Å². The fraction of sp³-hybridized carbons (Fsp3) is 0.292. The van der Waals surface area contributed by atoms with Crippen molar-refractivity contribution in [1.82, 2.24) is 9.88 Å². The van der Waals surface area contributed by atoms with E-state index in [0.29, 0.717) is 25.2 Å². The van der Waals surface area contributed by atoms with Crippen molar-refractivity contribution in [2.24, 2.45) is 5.73 Å². The number of pyridine rings is 1. The highest BCUT2D eigenvalue weighted by atomic mass is 16.3. The summed E-state index contributed by atoms with van der Waals surface area (Å²) in [6.07, 6.45) is 6.07. The van der Waals surface area contributed by atoms with Gasteiger partial charge in [-0.05, 0) is 56.0 Å². The Morgan fingerprint density at radius 3 is 2.97 bits per heavy atom. The monoisotopic (exact) mass is 418 g/mol. The van der Waals surface area contributed by atoms with Crippen molar-refractivity contribution in [2.75, 3.05) is 12.4 Å². The molecule has 0 spiro atoms. The van der Waals surface area contributed by atoms with Crippen molar-refractivity contribution < 1.29 is 14.0 Å². The van der Waals surface area contributed by atoms with E-state index < -0.39 is 5.54 Å². The molecular weight excluding hydrogens is 392 g/mol. The second-order valence-corrected chi connectivity index (χ2v) is 8.31. The summed E-state index contributed by atoms with van der Waals surface area (Å²) in [4.78, 5) is 30.8. The molecule has 1 aromatic carbocycles. The second kappa shape index (κ2) is 8.00. The molecule has 1 aliphatic rings. The molecule has 31 heavy (non-hydrogen) atoms. The zero-order valence-electron chi connectivity index (χ0n) is 17.9.